The summed E-state index contributed by atoms with van der Waals surface area (Å²) in [5, 5.41) is 5.62. The van der Waals surface area contributed by atoms with Crippen LogP contribution in [-0.2, 0) is 42.6 Å². The molecule has 0 fully saturated rings. The molecule has 13 heteroatoms. The zero-order valence-electron chi connectivity index (χ0n) is 35.0. The first kappa shape index (κ1) is 45.7. The van der Waals surface area contributed by atoms with E-state index in [1.807, 2.05) is 48.5 Å². The van der Waals surface area contributed by atoms with Gasteiger partial charge in [0, 0.05) is 38.1 Å². The van der Waals surface area contributed by atoms with Gasteiger partial charge in [-0.1, -0.05) is 97.1 Å². The Morgan fingerprint density at radius 1 is 0.361 bits per heavy atom. The smallest absolute Gasteiger partial charge is 0.407 e. The number of nitrogens with one attached hydrogen (secondary N) is 2. The maximum absolute atomic E-state index is 12.3. The van der Waals surface area contributed by atoms with Gasteiger partial charge in [-0.2, -0.15) is 0 Å². The average molecular weight is 841 g/mol. The second-order valence-electron chi connectivity index (χ2n) is 14.5. The predicted molar refractivity (Wildman–Crippen MR) is 231 cm³/mol. The number of carbonyl (C=O) groups excluding carboxylic acids is 2. The first-order chi connectivity index (χ1) is 30.2. The molecule has 0 saturated heterocycles. The minimum Gasteiger partial charge on any atom is -0.449 e. The number of rotatable bonds is 30. The maximum Gasteiger partial charge on any atom is 0.407 e. The standard InChI is InChI=1S/C48H60N2O11/c51-47(60-35-45-41-15-5-1-11-37(41)38-12-2-6-16-42(38)45)49-19-9-21-53-23-25-55-27-29-57-31-33-59-34-32-58-30-28-56-26-24-54-22-10-20-50-48(52)61-36-46-43-17-7-3-13-39(43)40-14-4-8-18-44(40)46/h1-8,11-18,45-46H,9-10,19-36H2,(H,49,51)(H,50,52). The monoisotopic (exact) mass is 840 g/mol. The van der Waals surface area contributed by atoms with Crippen LogP contribution in [0.15, 0.2) is 97.1 Å². The molecule has 4 aromatic rings. The van der Waals surface area contributed by atoms with Gasteiger partial charge in [-0.25, -0.2) is 9.59 Å². The lowest BCUT2D eigenvalue weighted by atomic mass is 9.98. The van der Waals surface area contributed by atoms with Crippen LogP contribution < -0.4 is 10.6 Å². The number of fused-ring (bicyclic) bond motifs is 6. The first-order valence-electron chi connectivity index (χ1n) is 21.4. The number of amides is 2. The van der Waals surface area contributed by atoms with Gasteiger partial charge >= 0.3 is 12.2 Å². The van der Waals surface area contributed by atoms with E-state index in [1.54, 1.807) is 0 Å². The van der Waals surface area contributed by atoms with Gasteiger partial charge in [-0.3, -0.25) is 0 Å². The highest BCUT2D eigenvalue weighted by Crippen LogP contribution is 2.45. The molecule has 328 valence electrons. The van der Waals surface area contributed by atoms with Crippen molar-refractivity contribution in [2.75, 3.05) is 119 Å². The second kappa shape index (κ2) is 26.5. The van der Waals surface area contributed by atoms with Crippen molar-refractivity contribution in [1.29, 1.82) is 0 Å². The molecule has 0 unspecified atom stereocenters. The largest absolute Gasteiger partial charge is 0.449 e. The SMILES string of the molecule is O=C(NCCCOCCOCCOCCOCCOCCOCCOCCCNC(=O)OCC1c2ccccc2-c2ccccc21)OCC1c2ccccc2-c2ccccc21. The van der Waals surface area contributed by atoms with Crippen LogP contribution in [0.1, 0.15) is 46.9 Å². The van der Waals surface area contributed by atoms with Crippen molar-refractivity contribution in [1.82, 2.24) is 10.6 Å². The van der Waals surface area contributed by atoms with Crippen molar-refractivity contribution in [2.45, 2.75) is 24.7 Å². The summed E-state index contributed by atoms with van der Waals surface area (Å²) in [6, 6.07) is 33.1. The van der Waals surface area contributed by atoms with Crippen LogP contribution in [0.5, 0.6) is 0 Å². The molecule has 0 heterocycles. The van der Waals surface area contributed by atoms with Crippen LogP contribution in [0.4, 0.5) is 9.59 Å². The zero-order valence-corrected chi connectivity index (χ0v) is 35.0. The average Bonchev–Trinajstić information content (AvgIpc) is 3.79. The van der Waals surface area contributed by atoms with Crippen LogP contribution >= 0.6 is 0 Å². The van der Waals surface area contributed by atoms with E-state index in [-0.39, 0.29) is 11.8 Å². The summed E-state index contributed by atoms with van der Waals surface area (Å²) >= 11 is 0. The van der Waals surface area contributed by atoms with Crippen molar-refractivity contribution < 1.29 is 52.2 Å². The van der Waals surface area contributed by atoms with E-state index in [1.165, 1.54) is 44.5 Å². The van der Waals surface area contributed by atoms with Crippen LogP contribution in [-0.4, -0.2) is 131 Å². The van der Waals surface area contributed by atoms with Gasteiger partial charge in [0.25, 0.3) is 0 Å². The summed E-state index contributed by atoms with van der Waals surface area (Å²) in [4.78, 5) is 24.6. The molecule has 0 radical (unpaired) electrons. The molecule has 4 aromatic carbocycles. The van der Waals surface area contributed by atoms with Gasteiger partial charge in [-0.05, 0) is 57.3 Å². The van der Waals surface area contributed by atoms with Crippen LogP contribution in [0.2, 0.25) is 0 Å². The van der Waals surface area contributed by atoms with E-state index in [2.05, 4.69) is 59.2 Å². The first-order valence-corrected chi connectivity index (χ1v) is 21.4. The van der Waals surface area contributed by atoms with Gasteiger partial charge in [0.05, 0.1) is 79.3 Å². The fourth-order valence-electron chi connectivity index (χ4n) is 7.45. The molecular formula is C48H60N2O11. The van der Waals surface area contributed by atoms with Crippen molar-refractivity contribution in [3.63, 3.8) is 0 Å². The van der Waals surface area contributed by atoms with Gasteiger partial charge in [-0.15, -0.1) is 0 Å². The summed E-state index contributed by atoms with van der Waals surface area (Å²) in [6.07, 6.45) is 0.522. The number of alkyl carbamates (subject to hydrolysis) is 2. The van der Waals surface area contributed by atoms with Crippen molar-refractivity contribution >= 4 is 12.2 Å². The van der Waals surface area contributed by atoms with Crippen LogP contribution in [0.3, 0.4) is 0 Å². The lowest BCUT2D eigenvalue weighted by molar-refractivity contribution is -0.0205. The number of hydrogen-bond acceptors (Lipinski definition) is 11. The van der Waals surface area contributed by atoms with Gasteiger partial charge < -0.3 is 53.3 Å². The Bertz CT molecular complexity index is 1680. The minimum atomic E-state index is -0.418. The number of hydrogen-bond donors (Lipinski definition) is 2. The molecule has 6 rings (SSSR count). The molecule has 2 aliphatic carbocycles. The molecule has 0 aliphatic heterocycles. The Morgan fingerprint density at radius 3 is 0.885 bits per heavy atom. The Kier molecular flexibility index (Phi) is 19.8. The third-order valence-electron chi connectivity index (χ3n) is 10.4. The molecule has 0 spiro atoms. The Balaban J connectivity index is 0.625. The molecule has 0 aromatic heterocycles. The summed E-state index contributed by atoms with van der Waals surface area (Å²) in [6.45, 7) is 8.28. The van der Waals surface area contributed by atoms with Crippen molar-refractivity contribution in [2.24, 2.45) is 0 Å². The number of benzene rings is 4. The summed E-state index contributed by atoms with van der Waals surface area (Å²) < 4.78 is 50.0. The molecular weight excluding hydrogens is 781 g/mol. The molecule has 13 nitrogen and oxygen atoms in total. The lowest BCUT2D eigenvalue weighted by Crippen LogP contribution is -2.27. The third-order valence-corrected chi connectivity index (χ3v) is 10.4. The van der Waals surface area contributed by atoms with Gasteiger partial charge in [0.2, 0.25) is 0 Å². The zero-order chi connectivity index (χ0) is 42.2. The van der Waals surface area contributed by atoms with E-state index >= 15 is 0 Å². The predicted octanol–water partition coefficient (Wildman–Crippen LogP) is 6.96. The number of ether oxygens (including phenoxy) is 9. The van der Waals surface area contributed by atoms with Crippen molar-refractivity contribution in [3.8, 4) is 22.3 Å². The summed E-state index contributed by atoms with van der Waals surface area (Å²) in [7, 11) is 0. The quantitative estimate of drug-likeness (QED) is 0.0527. The fraction of sp³-hybridized carbons (Fsp3) is 0.458. The van der Waals surface area contributed by atoms with Crippen LogP contribution in [0.25, 0.3) is 22.3 Å². The maximum atomic E-state index is 12.3. The fourth-order valence-corrected chi connectivity index (χ4v) is 7.45. The summed E-state index contributed by atoms with van der Waals surface area (Å²) in [5.41, 5.74) is 9.60. The molecule has 0 atom stereocenters. The molecule has 0 bridgehead atoms. The Labute approximate surface area is 359 Å². The minimum absolute atomic E-state index is 0.0451. The van der Waals surface area contributed by atoms with E-state index in [0.29, 0.717) is 132 Å². The highest BCUT2D eigenvalue weighted by atomic mass is 16.6. The van der Waals surface area contributed by atoms with Crippen LogP contribution in [0, 0.1) is 0 Å². The molecule has 0 saturated carbocycles. The highest BCUT2D eigenvalue weighted by molar-refractivity contribution is 5.80. The van der Waals surface area contributed by atoms with Gasteiger partial charge in [0.15, 0.2) is 0 Å². The molecule has 2 N–H and O–H groups in total. The molecule has 61 heavy (non-hydrogen) atoms. The Morgan fingerprint density at radius 2 is 0.607 bits per heavy atom. The Hall–Kier alpha value is -4.86. The van der Waals surface area contributed by atoms with E-state index in [9.17, 15) is 9.59 Å². The van der Waals surface area contributed by atoms with E-state index < -0.39 is 12.2 Å². The summed E-state index contributed by atoms with van der Waals surface area (Å²) in [5.74, 6) is 0.0903. The highest BCUT2D eigenvalue weighted by Gasteiger charge is 2.30. The van der Waals surface area contributed by atoms with Crippen molar-refractivity contribution in [3.05, 3.63) is 119 Å². The number of carbonyl (C=O) groups is 2. The topological polar surface area (TPSA) is 141 Å². The molecule has 2 amide bonds. The van der Waals surface area contributed by atoms with E-state index in [4.69, 9.17) is 42.6 Å². The second-order valence-corrected chi connectivity index (χ2v) is 14.5. The molecule has 2 aliphatic rings. The van der Waals surface area contributed by atoms with E-state index in [0.717, 1.165) is 0 Å². The third kappa shape index (κ3) is 14.6. The normalized spacial score (nSPS) is 12.7. The van der Waals surface area contributed by atoms with Gasteiger partial charge in [0.1, 0.15) is 13.2 Å². The lowest BCUT2D eigenvalue weighted by Gasteiger charge is -2.14.